The number of carbonyl (C=O) groups excluding carboxylic acids is 1. The maximum atomic E-state index is 13.3. The van der Waals surface area contributed by atoms with Gasteiger partial charge in [0.05, 0.1) is 6.04 Å². The first kappa shape index (κ1) is 19.8. The van der Waals surface area contributed by atoms with E-state index in [2.05, 4.69) is 50.4 Å². The van der Waals surface area contributed by atoms with Crippen molar-refractivity contribution in [1.82, 2.24) is 0 Å². The van der Waals surface area contributed by atoms with E-state index in [4.69, 9.17) is 0 Å². The zero-order valence-electron chi connectivity index (χ0n) is 16.6. The summed E-state index contributed by atoms with van der Waals surface area (Å²) in [5, 5.41) is 3.39. The van der Waals surface area contributed by atoms with Crippen LogP contribution in [0.5, 0.6) is 0 Å². The van der Waals surface area contributed by atoms with E-state index in [-0.39, 0.29) is 23.1 Å². The van der Waals surface area contributed by atoms with Crippen LogP contribution in [0.25, 0.3) is 0 Å². The molecule has 144 valence electrons. The van der Waals surface area contributed by atoms with Crippen LogP contribution in [0.2, 0.25) is 0 Å². The van der Waals surface area contributed by atoms with Crippen molar-refractivity contribution in [3.05, 3.63) is 101 Å². The van der Waals surface area contributed by atoms with Crippen LogP contribution in [0.15, 0.2) is 78.9 Å². The summed E-state index contributed by atoms with van der Waals surface area (Å²) >= 11 is 0. The average molecular weight is 375 g/mol. The second kappa shape index (κ2) is 8.39. The highest BCUT2D eigenvalue weighted by Crippen LogP contribution is 2.28. The van der Waals surface area contributed by atoms with Crippen molar-refractivity contribution in [2.45, 2.75) is 38.6 Å². The van der Waals surface area contributed by atoms with Gasteiger partial charge in [0.15, 0.2) is 5.78 Å². The van der Waals surface area contributed by atoms with Gasteiger partial charge in [0, 0.05) is 17.7 Å². The van der Waals surface area contributed by atoms with E-state index in [0.29, 0.717) is 12.0 Å². The summed E-state index contributed by atoms with van der Waals surface area (Å²) in [6, 6.07) is 23.7. The second-order valence-electron chi connectivity index (χ2n) is 8.07. The third kappa shape index (κ3) is 5.07. The summed E-state index contributed by atoms with van der Waals surface area (Å²) in [5.41, 5.74) is 3.82. The van der Waals surface area contributed by atoms with Crippen LogP contribution < -0.4 is 5.32 Å². The lowest BCUT2D eigenvalue weighted by molar-refractivity contribution is 0.0976. The molecule has 0 spiro atoms. The number of rotatable bonds is 6. The minimum atomic E-state index is -0.281. The van der Waals surface area contributed by atoms with Gasteiger partial charge in [0.25, 0.3) is 0 Å². The van der Waals surface area contributed by atoms with Crippen molar-refractivity contribution in [2.24, 2.45) is 0 Å². The molecule has 0 aromatic heterocycles. The Morgan fingerprint density at radius 2 is 1.50 bits per heavy atom. The van der Waals surface area contributed by atoms with Gasteiger partial charge in [-0.2, -0.15) is 0 Å². The fourth-order valence-corrected chi connectivity index (χ4v) is 3.14. The molecular formula is C25H26FNO. The Kier molecular flexibility index (Phi) is 5.93. The largest absolute Gasteiger partial charge is 0.378 e. The number of anilines is 1. The first-order valence-electron chi connectivity index (χ1n) is 9.54. The lowest BCUT2D eigenvalue weighted by Gasteiger charge is -2.23. The molecule has 2 nitrogen and oxygen atoms in total. The van der Waals surface area contributed by atoms with Gasteiger partial charge in [-0.25, -0.2) is 4.39 Å². The zero-order chi connectivity index (χ0) is 20.1. The molecule has 1 atom stereocenters. The van der Waals surface area contributed by atoms with Crippen molar-refractivity contribution in [1.29, 1.82) is 0 Å². The van der Waals surface area contributed by atoms with E-state index in [1.165, 1.54) is 17.7 Å². The molecule has 0 aliphatic rings. The van der Waals surface area contributed by atoms with Crippen LogP contribution in [0, 0.1) is 5.82 Å². The van der Waals surface area contributed by atoms with Crippen LogP contribution >= 0.6 is 0 Å². The molecule has 0 aliphatic carbocycles. The topological polar surface area (TPSA) is 29.1 Å². The molecule has 0 fully saturated rings. The summed E-state index contributed by atoms with van der Waals surface area (Å²) < 4.78 is 13.3. The minimum absolute atomic E-state index is 0.0677. The molecule has 3 heteroatoms. The highest BCUT2D eigenvalue weighted by molar-refractivity contribution is 5.96. The highest BCUT2D eigenvalue weighted by atomic mass is 19.1. The molecule has 0 radical (unpaired) electrons. The second-order valence-corrected chi connectivity index (χ2v) is 8.07. The number of halogens is 1. The van der Waals surface area contributed by atoms with Gasteiger partial charge in [0.2, 0.25) is 0 Å². The molecule has 0 saturated carbocycles. The average Bonchev–Trinajstić information content (AvgIpc) is 2.69. The number of ketones is 1. The minimum Gasteiger partial charge on any atom is -0.378 e. The third-order valence-corrected chi connectivity index (χ3v) is 4.85. The predicted molar refractivity (Wildman–Crippen MR) is 113 cm³/mol. The molecule has 3 aromatic carbocycles. The van der Waals surface area contributed by atoms with Crippen LogP contribution in [-0.4, -0.2) is 5.78 Å². The summed E-state index contributed by atoms with van der Waals surface area (Å²) in [5.74, 6) is -0.211. The van der Waals surface area contributed by atoms with Crippen molar-refractivity contribution in [3.63, 3.8) is 0 Å². The zero-order valence-corrected chi connectivity index (χ0v) is 16.6. The molecule has 1 unspecified atom stereocenters. The number of carbonyl (C=O) groups is 1. The van der Waals surface area contributed by atoms with E-state index in [1.807, 2.05) is 30.3 Å². The molecule has 0 amide bonds. The van der Waals surface area contributed by atoms with Gasteiger partial charge in [-0.15, -0.1) is 0 Å². The van der Waals surface area contributed by atoms with Gasteiger partial charge >= 0.3 is 0 Å². The summed E-state index contributed by atoms with van der Waals surface area (Å²) in [6.07, 6.45) is 0.316. The first-order chi connectivity index (χ1) is 13.3. The Balaban J connectivity index is 1.87. The molecule has 1 N–H and O–H groups in total. The summed E-state index contributed by atoms with van der Waals surface area (Å²) in [4.78, 5) is 12.8. The molecule has 3 rings (SSSR count). The highest BCUT2D eigenvalue weighted by Gasteiger charge is 2.19. The molecule has 3 aromatic rings. The van der Waals surface area contributed by atoms with Gasteiger partial charge < -0.3 is 5.32 Å². The lowest BCUT2D eigenvalue weighted by Crippen LogP contribution is -2.17. The van der Waals surface area contributed by atoms with E-state index < -0.39 is 0 Å². The SMILES string of the molecule is CC(C)(C)c1ccc(C(CC(=O)c2ccccc2)Nc2ccc(F)cc2)cc1. The number of nitrogens with one attached hydrogen (secondary N) is 1. The number of benzene rings is 3. The molecule has 28 heavy (non-hydrogen) atoms. The Hall–Kier alpha value is -2.94. The van der Waals surface area contributed by atoms with E-state index in [9.17, 15) is 9.18 Å². The number of Topliss-reactive ketones (excluding diaryl/α,β-unsaturated/α-hetero) is 1. The summed E-state index contributed by atoms with van der Waals surface area (Å²) in [7, 11) is 0. The Labute approximate surface area is 166 Å². The van der Waals surface area contributed by atoms with Gasteiger partial charge in [-0.3, -0.25) is 4.79 Å². The third-order valence-electron chi connectivity index (χ3n) is 4.85. The molecular weight excluding hydrogens is 349 g/mol. The van der Waals surface area contributed by atoms with Crippen LogP contribution in [0.4, 0.5) is 10.1 Å². The van der Waals surface area contributed by atoms with Crippen LogP contribution in [0.3, 0.4) is 0 Å². The molecule has 0 bridgehead atoms. The Morgan fingerprint density at radius 1 is 0.893 bits per heavy atom. The monoisotopic (exact) mass is 375 g/mol. The lowest BCUT2D eigenvalue weighted by atomic mass is 9.86. The maximum Gasteiger partial charge on any atom is 0.165 e. The van der Waals surface area contributed by atoms with Crippen LogP contribution in [-0.2, 0) is 5.41 Å². The van der Waals surface area contributed by atoms with Gasteiger partial charge in [-0.05, 0) is 40.8 Å². The number of hydrogen-bond acceptors (Lipinski definition) is 2. The fraction of sp³-hybridized carbons (Fsp3) is 0.240. The van der Waals surface area contributed by atoms with Gasteiger partial charge in [-0.1, -0.05) is 75.4 Å². The summed E-state index contributed by atoms with van der Waals surface area (Å²) in [6.45, 7) is 6.53. The van der Waals surface area contributed by atoms with E-state index in [1.54, 1.807) is 12.1 Å². The molecule has 0 aliphatic heterocycles. The maximum absolute atomic E-state index is 13.3. The number of hydrogen-bond donors (Lipinski definition) is 1. The van der Waals surface area contributed by atoms with Crippen LogP contribution in [0.1, 0.15) is 54.7 Å². The van der Waals surface area contributed by atoms with Crippen molar-refractivity contribution >= 4 is 11.5 Å². The van der Waals surface area contributed by atoms with Crippen molar-refractivity contribution < 1.29 is 9.18 Å². The predicted octanol–water partition coefficient (Wildman–Crippen LogP) is 6.55. The van der Waals surface area contributed by atoms with Gasteiger partial charge in [0.1, 0.15) is 5.82 Å². The standard InChI is InChI=1S/C25H26FNO/c1-25(2,3)20-11-9-18(10-12-20)23(27-22-15-13-21(26)14-16-22)17-24(28)19-7-5-4-6-8-19/h4-16,23,27H,17H2,1-3H3. The fourth-order valence-electron chi connectivity index (χ4n) is 3.14. The van der Waals surface area contributed by atoms with E-state index >= 15 is 0 Å². The normalized spacial score (nSPS) is 12.4. The molecule has 0 saturated heterocycles. The molecule has 0 heterocycles. The van der Waals surface area contributed by atoms with Crippen molar-refractivity contribution in [2.75, 3.05) is 5.32 Å². The Morgan fingerprint density at radius 3 is 2.07 bits per heavy atom. The first-order valence-corrected chi connectivity index (χ1v) is 9.54. The Bertz CT molecular complexity index is 910. The van der Waals surface area contributed by atoms with Crippen molar-refractivity contribution in [3.8, 4) is 0 Å². The quantitative estimate of drug-likeness (QED) is 0.495. The smallest absolute Gasteiger partial charge is 0.165 e. The van der Waals surface area contributed by atoms with E-state index in [0.717, 1.165) is 11.3 Å².